The summed E-state index contributed by atoms with van der Waals surface area (Å²) in [5.74, 6) is 0.951. The number of para-hydroxylation sites is 1. The highest BCUT2D eigenvalue weighted by Gasteiger charge is 2.15. The van der Waals surface area contributed by atoms with Gasteiger partial charge >= 0.3 is 0 Å². The third-order valence-electron chi connectivity index (χ3n) is 3.41. The molecule has 1 atom stereocenters. The van der Waals surface area contributed by atoms with Crippen LogP contribution >= 0.6 is 0 Å². The summed E-state index contributed by atoms with van der Waals surface area (Å²) >= 11 is 0. The van der Waals surface area contributed by atoms with E-state index >= 15 is 0 Å². The van der Waals surface area contributed by atoms with Crippen LogP contribution in [0.1, 0.15) is 18.5 Å². The van der Waals surface area contributed by atoms with E-state index in [0.717, 1.165) is 35.5 Å². The normalized spacial score (nSPS) is 19.3. The van der Waals surface area contributed by atoms with Gasteiger partial charge in [0.15, 0.2) is 0 Å². The summed E-state index contributed by atoms with van der Waals surface area (Å²) in [7, 11) is 0. The molecule has 0 bridgehead atoms. The van der Waals surface area contributed by atoms with E-state index in [0.29, 0.717) is 6.04 Å². The Morgan fingerprint density at radius 2 is 2.28 bits per heavy atom. The highest BCUT2D eigenvalue weighted by atomic mass is 16.5. The first-order chi connectivity index (χ1) is 8.83. The number of hydrogen-bond acceptors (Lipinski definition) is 3. The Kier molecular flexibility index (Phi) is 3.15. The van der Waals surface area contributed by atoms with Crippen LogP contribution in [0.2, 0.25) is 0 Å². The van der Waals surface area contributed by atoms with Gasteiger partial charge in [-0.05, 0) is 38.4 Å². The van der Waals surface area contributed by atoms with Crippen molar-refractivity contribution in [3.8, 4) is 5.75 Å². The number of nitrogens with zero attached hydrogens (tertiary/aromatic N) is 1. The number of nitrogens with one attached hydrogen (secondary N) is 1. The lowest BCUT2D eigenvalue weighted by atomic mass is 10.2. The molecule has 0 radical (unpaired) electrons. The molecule has 1 saturated heterocycles. The van der Waals surface area contributed by atoms with Crippen molar-refractivity contribution < 1.29 is 4.74 Å². The molecule has 1 aromatic heterocycles. The Bertz CT molecular complexity index is 547. The van der Waals surface area contributed by atoms with Crippen LogP contribution in [0.4, 0.5) is 0 Å². The summed E-state index contributed by atoms with van der Waals surface area (Å²) in [6.07, 6.45) is 2.46. The van der Waals surface area contributed by atoms with Crippen LogP contribution in [-0.4, -0.2) is 24.2 Å². The summed E-state index contributed by atoms with van der Waals surface area (Å²) < 4.78 is 5.98. The van der Waals surface area contributed by atoms with Crippen LogP contribution < -0.4 is 10.1 Å². The minimum Gasteiger partial charge on any atom is -0.491 e. The zero-order valence-electron chi connectivity index (χ0n) is 10.6. The van der Waals surface area contributed by atoms with Crippen molar-refractivity contribution in [2.75, 3.05) is 13.2 Å². The van der Waals surface area contributed by atoms with Crippen LogP contribution in [0.25, 0.3) is 10.9 Å². The van der Waals surface area contributed by atoms with Gasteiger partial charge in [0.2, 0.25) is 0 Å². The van der Waals surface area contributed by atoms with Gasteiger partial charge in [0.05, 0.1) is 5.52 Å². The highest BCUT2D eigenvalue weighted by Crippen LogP contribution is 2.25. The third kappa shape index (κ3) is 2.31. The molecule has 2 heterocycles. The van der Waals surface area contributed by atoms with Crippen molar-refractivity contribution in [1.82, 2.24) is 10.3 Å². The molecule has 0 aliphatic carbocycles. The number of pyridine rings is 1. The molecule has 1 aliphatic heterocycles. The highest BCUT2D eigenvalue weighted by molar-refractivity contribution is 5.85. The predicted octanol–water partition coefficient (Wildman–Crippen LogP) is 2.67. The lowest BCUT2D eigenvalue weighted by molar-refractivity contribution is 0.280. The fraction of sp³-hybridized carbons (Fsp3) is 0.400. The molecule has 3 nitrogen and oxygen atoms in total. The number of fused-ring (bicyclic) bond motifs is 1. The molecule has 1 unspecified atom stereocenters. The van der Waals surface area contributed by atoms with Gasteiger partial charge in [0.25, 0.3) is 0 Å². The third-order valence-corrected chi connectivity index (χ3v) is 3.41. The molecular weight excluding hydrogens is 224 g/mol. The average Bonchev–Trinajstić information content (AvgIpc) is 2.89. The number of rotatable bonds is 3. The molecule has 1 aliphatic rings. The minimum absolute atomic E-state index is 0.497. The van der Waals surface area contributed by atoms with Crippen molar-refractivity contribution in [3.05, 3.63) is 36.0 Å². The number of ether oxygens (including phenoxy) is 1. The molecule has 3 heteroatoms. The molecule has 0 amide bonds. The lowest BCUT2D eigenvalue weighted by Gasteiger charge is -2.14. The summed E-state index contributed by atoms with van der Waals surface area (Å²) in [6, 6.07) is 10.7. The topological polar surface area (TPSA) is 34.1 Å². The molecule has 1 N–H and O–H groups in total. The number of aromatic nitrogens is 1. The van der Waals surface area contributed by atoms with Gasteiger partial charge in [-0.3, -0.25) is 4.98 Å². The Morgan fingerprint density at radius 1 is 1.39 bits per heavy atom. The molecule has 94 valence electrons. The molecule has 1 aromatic carbocycles. The maximum Gasteiger partial charge on any atom is 0.130 e. The standard InChI is InChI=1S/C15H18N2O/c1-11-9-15(18-10-12-5-4-8-16-12)13-6-2-3-7-14(13)17-11/h2-3,6-7,9,12,16H,4-5,8,10H2,1H3. The second-order valence-electron chi connectivity index (χ2n) is 4.88. The van der Waals surface area contributed by atoms with Crippen LogP contribution in [0.3, 0.4) is 0 Å². The van der Waals surface area contributed by atoms with E-state index in [-0.39, 0.29) is 0 Å². The predicted molar refractivity (Wildman–Crippen MR) is 73.0 cm³/mol. The van der Waals surface area contributed by atoms with E-state index < -0.39 is 0 Å². The Morgan fingerprint density at radius 3 is 3.11 bits per heavy atom. The molecular formula is C15H18N2O. The van der Waals surface area contributed by atoms with Crippen LogP contribution in [0.5, 0.6) is 5.75 Å². The van der Waals surface area contributed by atoms with Crippen molar-refractivity contribution in [3.63, 3.8) is 0 Å². The SMILES string of the molecule is Cc1cc(OCC2CCCN2)c2ccccc2n1. The molecule has 2 aromatic rings. The monoisotopic (exact) mass is 242 g/mol. The smallest absolute Gasteiger partial charge is 0.130 e. The second kappa shape index (κ2) is 4.94. The van der Waals surface area contributed by atoms with Crippen LogP contribution in [0.15, 0.2) is 30.3 Å². The Labute approximate surface area is 107 Å². The Balaban J connectivity index is 1.85. The van der Waals surface area contributed by atoms with Gasteiger partial charge < -0.3 is 10.1 Å². The fourth-order valence-corrected chi connectivity index (χ4v) is 2.48. The molecule has 1 fully saturated rings. The van der Waals surface area contributed by atoms with Crippen molar-refractivity contribution in [1.29, 1.82) is 0 Å². The van der Waals surface area contributed by atoms with Crippen molar-refractivity contribution >= 4 is 10.9 Å². The first-order valence-corrected chi connectivity index (χ1v) is 6.55. The minimum atomic E-state index is 0.497. The summed E-state index contributed by atoms with van der Waals surface area (Å²) in [5, 5.41) is 4.55. The van der Waals surface area contributed by atoms with Gasteiger partial charge in [0, 0.05) is 23.2 Å². The molecule has 3 rings (SSSR count). The van der Waals surface area contributed by atoms with Crippen molar-refractivity contribution in [2.24, 2.45) is 0 Å². The van der Waals surface area contributed by atoms with Gasteiger partial charge in [-0.1, -0.05) is 12.1 Å². The molecule has 0 saturated carbocycles. The maximum atomic E-state index is 5.98. The zero-order valence-corrected chi connectivity index (χ0v) is 10.6. The van der Waals surface area contributed by atoms with E-state index in [1.54, 1.807) is 0 Å². The number of benzene rings is 1. The van der Waals surface area contributed by atoms with E-state index in [1.165, 1.54) is 12.8 Å². The van der Waals surface area contributed by atoms with Crippen LogP contribution in [-0.2, 0) is 0 Å². The maximum absolute atomic E-state index is 5.98. The largest absolute Gasteiger partial charge is 0.491 e. The van der Waals surface area contributed by atoms with Gasteiger partial charge in [-0.25, -0.2) is 0 Å². The van der Waals surface area contributed by atoms with Gasteiger partial charge in [0.1, 0.15) is 12.4 Å². The first-order valence-electron chi connectivity index (χ1n) is 6.55. The summed E-state index contributed by atoms with van der Waals surface area (Å²) in [4.78, 5) is 4.52. The second-order valence-corrected chi connectivity index (χ2v) is 4.88. The fourth-order valence-electron chi connectivity index (χ4n) is 2.48. The van der Waals surface area contributed by atoms with E-state index in [4.69, 9.17) is 4.74 Å². The molecule has 0 spiro atoms. The Hall–Kier alpha value is -1.61. The summed E-state index contributed by atoms with van der Waals surface area (Å²) in [6.45, 7) is 3.87. The number of aryl methyl sites for hydroxylation is 1. The van der Waals surface area contributed by atoms with Crippen LogP contribution in [0, 0.1) is 6.92 Å². The van der Waals surface area contributed by atoms with Crippen molar-refractivity contribution in [2.45, 2.75) is 25.8 Å². The zero-order chi connectivity index (χ0) is 12.4. The van der Waals surface area contributed by atoms with Gasteiger partial charge in [-0.15, -0.1) is 0 Å². The van der Waals surface area contributed by atoms with Gasteiger partial charge in [-0.2, -0.15) is 0 Å². The first kappa shape index (κ1) is 11.5. The van der Waals surface area contributed by atoms with E-state index in [2.05, 4.69) is 16.4 Å². The van der Waals surface area contributed by atoms with E-state index in [9.17, 15) is 0 Å². The summed E-state index contributed by atoms with van der Waals surface area (Å²) in [5.41, 5.74) is 2.01. The average molecular weight is 242 g/mol. The van der Waals surface area contributed by atoms with E-state index in [1.807, 2.05) is 31.2 Å². The molecule has 18 heavy (non-hydrogen) atoms. The lowest BCUT2D eigenvalue weighted by Crippen LogP contribution is -2.28. The number of hydrogen-bond donors (Lipinski definition) is 1. The quantitative estimate of drug-likeness (QED) is 0.898.